The van der Waals surface area contributed by atoms with E-state index in [0.29, 0.717) is 20.8 Å². The average Bonchev–Trinajstić information content (AvgIpc) is 3.29. The molecule has 0 atom stereocenters. The Morgan fingerprint density at radius 2 is 2.12 bits per heavy atom. The third kappa shape index (κ3) is 5.38. The molecule has 170 valence electrons. The first kappa shape index (κ1) is 23.3. The van der Waals surface area contributed by atoms with Gasteiger partial charge in [0, 0.05) is 42.6 Å². The van der Waals surface area contributed by atoms with Crippen LogP contribution in [0.25, 0.3) is 10.3 Å². The van der Waals surface area contributed by atoms with Gasteiger partial charge in [0.15, 0.2) is 8.29 Å². The van der Waals surface area contributed by atoms with Crippen LogP contribution in [0.5, 0.6) is 5.88 Å². The van der Waals surface area contributed by atoms with E-state index in [9.17, 15) is 20.0 Å². The van der Waals surface area contributed by atoms with Crippen molar-refractivity contribution < 1.29 is 19.9 Å². The number of hydrogen-bond donors (Lipinski definition) is 2. The smallest absolute Gasteiger partial charge is 0.303 e. The lowest BCUT2D eigenvalue weighted by Crippen LogP contribution is -2.02. The number of carbonyl (C=O) groups is 1. The summed E-state index contributed by atoms with van der Waals surface area (Å²) < 4.78 is 2.67. The zero-order chi connectivity index (χ0) is 23.5. The Bertz CT molecular complexity index is 1380. The van der Waals surface area contributed by atoms with Gasteiger partial charge in [0.25, 0.3) is 5.69 Å². The Morgan fingerprint density at radius 3 is 2.85 bits per heavy atom. The average molecular weight is 521 g/mol. The molecule has 0 fully saturated rings. The summed E-state index contributed by atoms with van der Waals surface area (Å²) >= 11 is 9.36. The molecule has 33 heavy (non-hydrogen) atoms. The van der Waals surface area contributed by atoms with Gasteiger partial charge in [-0.1, -0.05) is 23.1 Å². The SMILES string of the molecule is O=C(O)CCCn1c(O)c(Cc2cc([N+](=O)[O-])ccc2Sc2nc3cccnc3s2)sc1=S. The lowest BCUT2D eigenvalue weighted by Gasteiger charge is -2.08. The van der Waals surface area contributed by atoms with E-state index in [-0.39, 0.29) is 31.0 Å². The summed E-state index contributed by atoms with van der Waals surface area (Å²) in [5.41, 5.74) is 1.39. The minimum atomic E-state index is -0.917. The predicted octanol–water partition coefficient (Wildman–Crippen LogP) is 5.50. The number of hydrogen-bond acceptors (Lipinski definition) is 10. The van der Waals surface area contributed by atoms with Gasteiger partial charge >= 0.3 is 5.97 Å². The number of thiazole rings is 2. The Labute approximate surface area is 204 Å². The zero-order valence-electron chi connectivity index (χ0n) is 16.8. The second-order valence-corrected chi connectivity index (χ2v) is 10.9. The van der Waals surface area contributed by atoms with Crippen molar-refractivity contribution in [3.05, 3.63) is 61.0 Å². The van der Waals surface area contributed by atoms with E-state index >= 15 is 0 Å². The molecule has 0 aliphatic carbocycles. The quantitative estimate of drug-likeness (QED) is 0.167. The fraction of sp³-hybridized carbons (Fsp3) is 0.200. The number of pyridine rings is 1. The normalized spacial score (nSPS) is 11.2. The predicted molar refractivity (Wildman–Crippen MR) is 129 cm³/mol. The standard InChI is InChI=1S/C20H16N4O5S4/c25-16(26)4-2-8-23-18(27)15(32-20(23)30)10-11-9-12(24(28)29)5-6-14(11)31-19-22-13-3-1-7-21-17(13)33-19/h1,3,5-7,9,27H,2,4,8,10H2,(H,25,26). The molecule has 0 spiro atoms. The Morgan fingerprint density at radius 1 is 1.30 bits per heavy atom. The number of nitro groups is 1. The van der Waals surface area contributed by atoms with Crippen LogP contribution in [0, 0.1) is 14.1 Å². The molecule has 0 aliphatic heterocycles. The molecule has 4 aromatic rings. The summed E-state index contributed by atoms with van der Waals surface area (Å²) in [6.07, 6.45) is 2.23. The van der Waals surface area contributed by atoms with Gasteiger partial charge in [0.1, 0.15) is 10.3 Å². The van der Waals surface area contributed by atoms with E-state index in [1.165, 1.54) is 51.1 Å². The molecule has 13 heteroatoms. The molecule has 9 nitrogen and oxygen atoms in total. The number of benzene rings is 1. The van der Waals surface area contributed by atoms with Crippen LogP contribution < -0.4 is 0 Å². The summed E-state index contributed by atoms with van der Waals surface area (Å²) in [6, 6.07) is 8.29. The number of non-ortho nitro benzene ring substituents is 1. The number of carboxylic acid groups (broad SMARTS) is 1. The molecule has 3 aromatic heterocycles. The molecule has 4 rings (SSSR count). The van der Waals surface area contributed by atoms with Gasteiger partial charge < -0.3 is 10.2 Å². The van der Waals surface area contributed by atoms with Gasteiger partial charge in [0.05, 0.1) is 9.80 Å². The van der Waals surface area contributed by atoms with Crippen molar-refractivity contribution in [2.45, 2.75) is 35.0 Å². The first-order valence-corrected chi connectivity index (χ1v) is 12.5. The van der Waals surface area contributed by atoms with E-state index in [1.807, 2.05) is 12.1 Å². The second-order valence-electron chi connectivity index (χ2n) is 6.90. The van der Waals surface area contributed by atoms with Crippen LogP contribution in [-0.2, 0) is 17.8 Å². The largest absolute Gasteiger partial charge is 0.494 e. The minimum absolute atomic E-state index is 0.0327. The highest BCUT2D eigenvalue weighted by atomic mass is 32.2. The maximum Gasteiger partial charge on any atom is 0.303 e. The van der Waals surface area contributed by atoms with Crippen LogP contribution in [0.2, 0.25) is 0 Å². The number of aliphatic carboxylic acids is 1. The van der Waals surface area contributed by atoms with E-state index in [0.717, 1.165) is 19.6 Å². The molecule has 0 amide bonds. The molecule has 0 bridgehead atoms. The number of aromatic hydroxyl groups is 1. The number of carboxylic acids is 1. The molecule has 0 radical (unpaired) electrons. The van der Waals surface area contributed by atoms with Crippen molar-refractivity contribution in [3.8, 4) is 5.88 Å². The molecular formula is C20H16N4O5S4. The van der Waals surface area contributed by atoms with Gasteiger partial charge in [-0.3, -0.25) is 19.5 Å². The number of aromatic nitrogens is 3. The first-order chi connectivity index (χ1) is 15.8. The van der Waals surface area contributed by atoms with Crippen LogP contribution in [0.15, 0.2) is 45.8 Å². The van der Waals surface area contributed by atoms with Gasteiger partial charge in [0.2, 0.25) is 5.88 Å². The number of rotatable bonds is 9. The third-order valence-corrected chi connectivity index (χ3v) is 8.25. The minimum Gasteiger partial charge on any atom is -0.494 e. The highest BCUT2D eigenvalue weighted by Crippen LogP contribution is 2.39. The fourth-order valence-corrected chi connectivity index (χ4v) is 6.57. The highest BCUT2D eigenvalue weighted by molar-refractivity contribution is 8.01. The summed E-state index contributed by atoms with van der Waals surface area (Å²) in [5.74, 6) is -0.957. The topological polar surface area (TPSA) is 131 Å². The number of fused-ring (bicyclic) bond motifs is 1. The molecule has 2 N–H and O–H groups in total. The van der Waals surface area contributed by atoms with Crippen LogP contribution in [0.1, 0.15) is 23.3 Å². The van der Waals surface area contributed by atoms with E-state index in [1.54, 1.807) is 12.3 Å². The summed E-state index contributed by atoms with van der Waals surface area (Å²) in [6.45, 7) is 0.280. The second kappa shape index (κ2) is 9.95. The Hall–Kier alpha value is -2.87. The Balaban J connectivity index is 1.65. The molecular weight excluding hydrogens is 505 g/mol. The van der Waals surface area contributed by atoms with E-state index in [4.69, 9.17) is 17.3 Å². The van der Waals surface area contributed by atoms with Crippen molar-refractivity contribution in [2.75, 3.05) is 0 Å². The van der Waals surface area contributed by atoms with Crippen LogP contribution in [0.3, 0.4) is 0 Å². The first-order valence-electron chi connectivity index (χ1n) is 9.62. The summed E-state index contributed by atoms with van der Waals surface area (Å²) in [4.78, 5) is 32.7. The summed E-state index contributed by atoms with van der Waals surface area (Å²) in [5, 5.41) is 30.9. The molecule has 3 heterocycles. The van der Waals surface area contributed by atoms with E-state index in [2.05, 4.69) is 9.97 Å². The van der Waals surface area contributed by atoms with Crippen molar-refractivity contribution in [2.24, 2.45) is 0 Å². The lowest BCUT2D eigenvalue weighted by molar-refractivity contribution is -0.385. The van der Waals surface area contributed by atoms with Crippen LogP contribution in [0.4, 0.5) is 5.69 Å². The van der Waals surface area contributed by atoms with Gasteiger partial charge in [-0.2, -0.15) is 0 Å². The summed E-state index contributed by atoms with van der Waals surface area (Å²) in [7, 11) is 0. The molecule has 1 aromatic carbocycles. The van der Waals surface area contributed by atoms with Crippen molar-refractivity contribution in [1.29, 1.82) is 0 Å². The number of nitro benzene ring substituents is 1. The maximum absolute atomic E-state index is 11.4. The fourth-order valence-electron chi connectivity index (χ4n) is 3.12. The van der Waals surface area contributed by atoms with Crippen LogP contribution >= 0.6 is 46.7 Å². The van der Waals surface area contributed by atoms with Crippen molar-refractivity contribution in [3.63, 3.8) is 0 Å². The van der Waals surface area contributed by atoms with Crippen LogP contribution in [-0.4, -0.2) is 35.6 Å². The zero-order valence-corrected chi connectivity index (χ0v) is 20.1. The van der Waals surface area contributed by atoms with Crippen molar-refractivity contribution >= 4 is 68.7 Å². The van der Waals surface area contributed by atoms with Gasteiger partial charge in [-0.15, -0.1) is 11.3 Å². The van der Waals surface area contributed by atoms with Gasteiger partial charge in [-0.25, -0.2) is 9.97 Å². The Kier molecular flexibility index (Phi) is 7.02. The monoisotopic (exact) mass is 520 g/mol. The third-order valence-electron chi connectivity index (χ3n) is 4.66. The van der Waals surface area contributed by atoms with Crippen molar-refractivity contribution in [1.82, 2.24) is 14.5 Å². The molecule has 0 saturated heterocycles. The number of nitrogens with zero attached hydrogens (tertiary/aromatic N) is 4. The molecule has 0 aliphatic rings. The molecule has 0 unspecified atom stereocenters. The highest BCUT2D eigenvalue weighted by Gasteiger charge is 2.19. The maximum atomic E-state index is 11.4. The lowest BCUT2D eigenvalue weighted by atomic mass is 10.1. The molecule has 0 saturated carbocycles. The van der Waals surface area contributed by atoms with Gasteiger partial charge in [-0.05, 0) is 42.4 Å². The van der Waals surface area contributed by atoms with E-state index < -0.39 is 10.9 Å².